The van der Waals surface area contributed by atoms with Crippen LogP contribution in [-0.4, -0.2) is 27.8 Å². The first kappa shape index (κ1) is 14.1. The summed E-state index contributed by atoms with van der Waals surface area (Å²) < 4.78 is 0. The van der Waals surface area contributed by atoms with E-state index in [1.807, 2.05) is 45.0 Å². The molecule has 1 saturated heterocycles. The lowest BCUT2D eigenvalue weighted by molar-refractivity contribution is -0.127. The first-order valence-corrected chi connectivity index (χ1v) is 7.43. The van der Waals surface area contributed by atoms with Gasteiger partial charge in [0.1, 0.15) is 0 Å². The molecule has 0 aliphatic carbocycles. The lowest BCUT2D eigenvalue weighted by Gasteiger charge is -2.16. The van der Waals surface area contributed by atoms with E-state index in [2.05, 4.69) is 0 Å². The normalized spacial score (nSPS) is 19.6. The van der Waals surface area contributed by atoms with Crippen LogP contribution < -0.4 is 0 Å². The second-order valence-corrected chi connectivity index (χ2v) is 6.56. The maximum absolute atomic E-state index is 12.2. The third kappa shape index (κ3) is 3.38. The molecule has 3 nitrogen and oxygen atoms in total. The summed E-state index contributed by atoms with van der Waals surface area (Å²) in [5.74, 6) is 0.274. The van der Waals surface area contributed by atoms with Crippen molar-refractivity contribution in [2.24, 2.45) is 5.92 Å². The van der Waals surface area contributed by atoms with E-state index in [0.29, 0.717) is 18.9 Å². The van der Waals surface area contributed by atoms with Gasteiger partial charge in [-0.25, -0.2) is 0 Å². The Balaban J connectivity index is 2.04. The number of amides is 2. The lowest BCUT2D eigenvalue weighted by atomic mass is 10.1. The van der Waals surface area contributed by atoms with Crippen molar-refractivity contribution in [1.29, 1.82) is 0 Å². The molecular formula is C15H19NO2S. The third-order valence-corrected chi connectivity index (χ3v) is 4.17. The highest BCUT2D eigenvalue weighted by Crippen LogP contribution is 2.30. The van der Waals surface area contributed by atoms with Crippen molar-refractivity contribution < 1.29 is 9.59 Å². The summed E-state index contributed by atoms with van der Waals surface area (Å²) in [6.45, 7) is 6.58. The average molecular weight is 277 g/mol. The third-order valence-electron chi connectivity index (χ3n) is 3.09. The van der Waals surface area contributed by atoms with Gasteiger partial charge in [0.15, 0.2) is 0 Å². The molecule has 1 atom stereocenters. The molecule has 1 fully saturated rings. The second-order valence-electron chi connectivity index (χ2n) is 5.40. The first-order chi connectivity index (χ1) is 8.97. The van der Waals surface area contributed by atoms with E-state index < -0.39 is 0 Å². The van der Waals surface area contributed by atoms with Crippen LogP contribution in [0.3, 0.4) is 0 Å². The summed E-state index contributed by atoms with van der Waals surface area (Å²) in [5.41, 5.74) is 2.31. The molecular weight excluding hydrogens is 258 g/mol. The lowest BCUT2D eigenvalue weighted by Crippen LogP contribution is -2.35. The van der Waals surface area contributed by atoms with Crippen LogP contribution in [-0.2, 0) is 11.2 Å². The van der Waals surface area contributed by atoms with Crippen molar-refractivity contribution >= 4 is 22.9 Å². The van der Waals surface area contributed by atoms with Crippen molar-refractivity contribution in [3.63, 3.8) is 0 Å². The minimum atomic E-state index is -0.256. The molecule has 19 heavy (non-hydrogen) atoms. The fraction of sp³-hybridized carbons (Fsp3) is 0.467. The molecule has 0 bridgehead atoms. The van der Waals surface area contributed by atoms with Crippen molar-refractivity contribution in [1.82, 2.24) is 4.90 Å². The van der Waals surface area contributed by atoms with Crippen LogP contribution in [0.1, 0.15) is 25.0 Å². The van der Waals surface area contributed by atoms with Gasteiger partial charge in [0.2, 0.25) is 5.91 Å². The Kier molecular flexibility index (Phi) is 4.30. The predicted molar refractivity (Wildman–Crippen MR) is 78.2 cm³/mol. The number of carbonyl (C=O) groups excluding carboxylic acids is 2. The highest BCUT2D eigenvalue weighted by Gasteiger charge is 2.39. The monoisotopic (exact) mass is 277 g/mol. The van der Waals surface area contributed by atoms with Gasteiger partial charge in [-0.1, -0.05) is 55.4 Å². The van der Waals surface area contributed by atoms with Crippen LogP contribution in [0, 0.1) is 12.8 Å². The molecule has 0 aromatic heterocycles. The maximum Gasteiger partial charge on any atom is 0.289 e. The number of rotatable bonds is 4. The highest BCUT2D eigenvalue weighted by molar-refractivity contribution is 8.15. The standard InChI is InChI=1S/C15H19NO2S/c1-10(2)9-16-14(17)13(19-15(16)18)8-12-6-4-11(3)5-7-12/h4-7,10,13H,8-9H2,1-3H3/t13-/m0/s1. The first-order valence-electron chi connectivity index (χ1n) is 6.55. The maximum atomic E-state index is 12.2. The van der Waals surface area contributed by atoms with E-state index in [-0.39, 0.29) is 16.4 Å². The van der Waals surface area contributed by atoms with E-state index >= 15 is 0 Å². The zero-order chi connectivity index (χ0) is 14.0. The Hall–Kier alpha value is -1.29. The molecule has 2 rings (SSSR count). The predicted octanol–water partition coefficient (Wildman–Crippen LogP) is 3.26. The van der Waals surface area contributed by atoms with E-state index in [9.17, 15) is 9.59 Å². The molecule has 0 radical (unpaired) electrons. The van der Waals surface area contributed by atoms with Crippen molar-refractivity contribution in [3.8, 4) is 0 Å². The number of hydrogen-bond acceptors (Lipinski definition) is 3. The molecule has 0 saturated carbocycles. The smallest absolute Gasteiger partial charge is 0.273 e. The molecule has 1 aromatic rings. The molecule has 0 N–H and O–H groups in total. The Morgan fingerprint density at radius 1 is 1.21 bits per heavy atom. The van der Waals surface area contributed by atoms with Crippen LogP contribution in [0.5, 0.6) is 0 Å². The molecule has 0 spiro atoms. The zero-order valence-corrected chi connectivity index (χ0v) is 12.4. The van der Waals surface area contributed by atoms with E-state index in [1.165, 1.54) is 10.5 Å². The Bertz CT molecular complexity index is 481. The average Bonchev–Trinajstić information content (AvgIpc) is 2.60. The molecule has 0 unspecified atom stereocenters. The van der Waals surface area contributed by atoms with Gasteiger partial charge in [-0.05, 0) is 24.8 Å². The van der Waals surface area contributed by atoms with Gasteiger partial charge < -0.3 is 0 Å². The second kappa shape index (κ2) is 5.78. The number of hydrogen-bond donors (Lipinski definition) is 0. The van der Waals surface area contributed by atoms with Crippen LogP contribution in [0.4, 0.5) is 4.79 Å². The van der Waals surface area contributed by atoms with Crippen molar-refractivity contribution in [2.45, 2.75) is 32.4 Å². The molecule has 102 valence electrons. The SMILES string of the molecule is Cc1ccc(C[C@@H]2SC(=O)N(CC(C)C)C2=O)cc1. The Morgan fingerprint density at radius 3 is 2.42 bits per heavy atom. The Labute approximate surface area is 118 Å². The summed E-state index contributed by atoms with van der Waals surface area (Å²) in [6, 6.07) is 8.12. The number of benzene rings is 1. The number of imide groups is 1. The van der Waals surface area contributed by atoms with Gasteiger partial charge in [0.25, 0.3) is 5.24 Å². The molecule has 4 heteroatoms. The van der Waals surface area contributed by atoms with Crippen molar-refractivity contribution in [3.05, 3.63) is 35.4 Å². The molecule has 2 amide bonds. The summed E-state index contributed by atoms with van der Waals surface area (Å²) >= 11 is 1.16. The van der Waals surface area contributed by atoms with E-state index in [0.717, 1.165) is 17.3 Å². The zero-order valence-electron chi connectivity index (χ0n) is 11.6. The van der Waals surface area contributed by atoms with Gasteiger partial charge in [-0.3, -0.25) is 14.5 Å². The van der Waals surface area contributed by atoms with Crippen LogP contribution >= 0.6 is 11.8 Å². The minimum Gasteiger partial charge on any atom is -0.273 e. The number of carbonyl (C=O) groups is 2. The summed E-state index contributed by atoms with van der Waals surface area (Å²) in [4.78, 5) is 25.4. The quantitative estimate of drug-likeness (QED) is 0.847. The van der Waals surface area contributed by atoms with Crippen LogP contribution in [0.2, 0.25) is 0 Å². The number of thioether (sulfide) groups is 1. The number of aryl methyl sites for hydroxylation is 1. The highest BCUT2D eigenvalue weighted by atomic mass is 32.2. The fourth-order valence-electron chi connectivity index (χ4n) is 2.10. The van der Waals surface area contributed by atoms with E-state index in [4.69, 9.17) is 0 Å². The van der Waals surface area contributed by atoms with Gasteiger partial charge >= 0.3 is 0 Å². The van der Waals surface area contributed by atoms with Crippen molar-refractivity contribution in [2.75, 3.05) is 6.54 Å². The molecule has 1 aliphatic heterocycles. The Morgan fingerprint density at radius 2 is 1.84 bits per heavy atom. The number of nitrogens with zero attached hydrogens (tertiary/aromatic N) is 1. The minimum absolute atomic E-state index is 0.0377. The van der Waals surface area contributed by atoms with Crippen LogP contribution in [0.25, 0.3) is 0 Å². The largest absolute Gasteiger partial charge is 0.289 e. The molecule has 1 heterocycles. The van der Waals surface area contributed by atoms with E-state index in [1.54, 1.807) is 0 Å². The van der Waals surface area contributed by atoms with Gasteiger partial charge in [0.05, 0.1) is 5.25 Å². The molecule has 1 aromatic carbocycles. The van der Waals surface area contributed by atoms with Crippen LogP contribution in [0.15, 0.2) is 24.3 Å². The van der Waals surface area contributed by atoms with Gasteiger partial charge in [0, 0.05) is 6.54 Å². The molecule has 1 aliphatic rings. The summed E-state index contributed by atoms with van der Waals surface area (Å²) in [5, 5.41) is -0.357. The van der Waals surface area contributed by atoms with Gasteiger partial charge in [-0.2, -0.15) is 0 Å². The fourth-order valence-corrected chi connectivity index (χ4v) is 3.14. The summed E-state index contributed by atoms with van der Waals surface area (Å²) in [7, 11) is 0. The van der Waals surface area contributed by atoms with Gasteiger partial charge in [-0.15, -0.1) is 0 Å². The topological polar surface area (TPSA) is 37.4 Å². The summed E-state index contributed by atoms with van der Waals surface area (Å²) in [6.07, 6.45) is 0.629.